The Bertz CT molecular complexity index is 916. The van der Waals surface area contributed by atoms with Crippen molar-refractivity contribution in [3.63, 3.8) is 0 Å². The number of thioether (sulfide) groups is 1. The first-order valence-electron chi connectivity index (χ1n) is 7.56. The van der Waals surface area contributed by atoms with Crippen LogP contribution in [0, 0.1) is 0 Å². The average Bonchev–Trinajstić information content (AvgIpc) is 2.89. The van der Waals surface area contributed by atoms with Crippen molar-refractivity contribution in [2.45, 2.75) is 13.0 Å². The molecule has 0 aliphatic rings. The van der Waals surface area contributed by atoms with E-state index in [4.69, 9.17) is 11.6 Å². The second-order valence-corrected chi connectivity index (χ2v) is 7.74. The van der Waals surface area contributed by atoms with E-state index in [1.165, 1.54) is 11.3 Å². The third-order valence-corrected chi connectivity index (χ3v) is 5.45. The average molecular weight is 377 g/mol. The molecule has 0 spiro atoms. The lowest BCUT2D eigenvalue weighted by Crippen LogP contribution is -2.18. The summed E-state index contributed by atoms with van der Waals surface area (Å²) in [7, 11) is 0. The van der Waals surface area contributed by atoms with Crippen LogP contribution in [0.25, 0.3) is 10.2 Å². The molecule has 1 amide bonds. The number of hydrogen-bond donors (Lipinski definition) is 0. The zero-order chi connectivity index (χ0) is 16.9. The van der Waals surface area contributed by atoms with E-state index in [1.54, 1.807) is 11.8 Å². The van der Waals surface area contributed by atoms with Crippen molar-refractivity contribution in [2.24, 2.45) is 4.99 Å². The van der Waals surface area contributed by atoms with Crippen molar-refractivity contribution in [1.29, 1.82) is 0 Å². The number of amides is 1. The minimum absolute atomic E-state index is 0.128. The topological polar surface area (TPSA) is 34.4 Å². The first-order valence-corrected chi connectivity index (χ1v) is 10.2. The molecule has 0 bridgehead atoms. The van der Waals surface area contributed by atoms with Crippen LogP contribution in [-0.4, -0.2) is 22.5 Å². The molecule has 2 aromatic carbocycles. The van der Waals surface area contributed by atoms with Gasteiger partial charge in [0.25, 0.3) is 5.91 Å². The molecule has 0 fully saturated rings. The molecule has 0 atom stereocenters. The highest BCUT2D eigenvalue weighted by molar-refractivity contribution is 7.98. The molecule has 0 unspecified atom stereocenters. The van der Waals surface area contributed by atoms with Gasteiger partial charge >= 0.3 is 0 Å². The Hall–Kier alpha value is -1.56. The number of rotatable bonds is 5. The van der Waals surface area contributed by atoms with Crippen LogP contribution in [0.3, 0.4) is 0 Å². The second-order valence-electron chi connectivity index (χ2n) is 5.31. The van der Waals surface area contributed by atoms with E-state index in [2.05, 4.69) is 15.8 Å². The quantitative estimate of drug-likeness (QED) is 0.661. The Morgan fingerprint density at radius 2 is 2.04 bits per heavy atom. The zero-order valence-electron chi connectivity index (χ0n) is 13.2. The maximum atomic E-state index is 12.3. The van der Waals surface area contributed by atoms with Crippen LogP contribution in [0.1, 0.15) is 5.56 Å². The summed E-state index contributed by atoms with van der Waals surface area (Å²) >= 11 is 9.38. The van der Waals surface area contributed by atoms with Crippen molar-refractivity contribution in [2.75, 3.05) is 12.0 Å². The van der Waals surface area contributed by atoms with Gasteiger partial charge in [0.05, 0.1) is 16.6 Å². The van der Waals surface area contributed by atoms with Gasteiger partial charge in [0, 0.05) is 17.3 Å². The highest BCUT2D eigenvalue weighted by atomic mass is 35.5. The lowest BCUT2D eigenvalue weighted by Gasteiger charge is -2.03. The second kappa shape index (κ2) is 8.01. The fourth-order valence-corrected chi connectivity index (χ4v) is 4.16. The van der Waals surface area contributed by atoms with Gasteiger partial charge in [0.2, 0.25) is 0 Å². The van der Waals surface area contributed by atoms with Gasteiger partial charge in [-0.1, -0.05) is 53.3 Å². The largest absolute Gasteiger partial charge is 0.316 e. The summed E-state index contributed by atoms with van der Waals surface area (Å²) in [5.41, 5.74) is 2.05. The highest BCUT2D eigenvalue weighted by Gasteiger charge is 2.09. The minimum atomic E-state index is -0.128. The summed E-state index contributed by atoms with van der Waals surface area (Å²) in [5.74, 6) is 0.839. The van der Waals surface area contributed by atoms with Crippen LogP contribution in [0.2, 0.25) is 5.02 Å². The van der Waals surface area contributed by atoms with Crippen molar-refractivity contribution in [3.05, 3.63) is 63.9 Å². The summed E-state index contributed by atoms with van der Waals surface area (Å²) in [5, 5.41) is 0.697. The highest BCUT2D eigenvalue weighted by Crippen LogP contribution is 2.22. The zero-order valence-corrected chi connectivity index (χ0v) is 15.6. The van der Waals surface area contributed by atoms with E-state index in [1.807, 2.05) is 48.5 Å². The van der Waals surface area contributed by atoms with Crippen molar-refractivity contribution in [3.8, 4) is 0 Å². The van der Waals surface area contributed by atoms with E-state index < -0.39 is 0 Å². The van der Waals surface area contributed by atoms with Gasteiger partial charge in [0.15, 0.2) is 4.80 Å². The summed E-state index contributed by atoms with van der Waals surface area (Å²) in [6, 6.07) is 15.5. The lowest BCUT2D eigenvalue weighted by atomic mass is 10.1. The van der Waals surface area contributed by atoms with Crippen LogP contribution in [0.5, 0.6) is 0 Å². The maximum absolute atomic E-state index is 12.3. The van der Waals surface area contributed by atoms with E-state index >= 15 is 0 Å². The van der Waals surface area contributed by atoms with Crippen LogP contribution in [0.4, 0.5) is 0 Å². The van der Waals surface area contributed by atoms with Crippen molar-refractivity contribution >= 4 is 50.8 Å². The van der Waals surface area contributed by atoms with Crippen LogP contribution < -0.4 is 4.80 Å². The van der Waals surface area contributed by atoms with Gasteiger partial charge in [-0.3, -0.25) is 4.79 Å². The number of fused-ring (bicyclic) bond motifs is 1. The number of carbonyl (C=O) groups is 1. The third kappa shape index (κ3) is 4.09. The van der Waals surface area contributed by atoms with Crippen molar-refractivity contribution in [1.82, 2.24) is 4.57 Å². The predicted molar refractivity (Wildman–Crippen MR) is 104 cm³/mol. The summed E-state index contributed by atoms with van der Waals surface area (Å²) in [6.45, 7) is 0.820. The van der Waals surface area contributed by atoms with Crippen LogP contribution in [0.15, 0.2) is 53.5 Å². The number of nitrogens with zero attached hydrogens (tertiary/aromatic N) is 2. The molecule has 0 radical (unpaired) electrons. The Morgan fingerprint density at radius 3 is 2.79 bits per heavy atom. The van der Waals surface area contributed by atoms with Gasteiger partial charge in [-0.25, -0.2) is 0 Å². The smallest absolute Gasteiger partial charge is 0.252 e. The monoisotopic (exact) mass is 376 g/mol. The SMILES string of the molecule is CSCCn1c(=NC(=O)Cc2ccccc2)sc2cc(Cl)ccc21. The molecule has 0 N–H and O–H groups in total. The molecule has 3 aromatic rings. The fourth-order valence-electron chi connectivity index (χ4n) is 2.45. The molecule has 0 saturated carbocycles. The van der Waals surface area contributed by atoms with Gasteiger partial charge in [0.1, 0.15) is 0 Å². The molecule has 0 saturated heterocycles. The molecule has 1 heterocycles. The fraction of sp³-hybridized carbons (Fsp3) is 0.222. The third-order valence-electron chi connectivity index (χ3n) is 3.58. The van der Waals surface area contributed by atoms with Gasteiger partial charge in [-0.15, -0.1) is 0 Å². The number of aryl methyl sites for hydroxylation is 1. The summed E-state index contributed by atoms with van der Waals surface area (Å²) in [4.78, 5) is 17.4. The van der Waals surface area contributed by atoms with E-state index in [0.29, 0.717) is 11.4 Å². The summed E-state index contributed by atoms with van der Waals surface area (Å²) in [6.07, 6.45) is 2.39. The lowest BCUT2D eigenvalue weighted by molar-refractivity contribution is -0.117. The Balaban J connectivity index is 1.98. The molecule has 0 aliphatic carbocycles. The van der Waals surface area contributed by atoms with E-state index in [-0.39, 0.29) is 5.91 Å². The van der Waals surface area contributed by atoms with Crippen molar-refractivity contribution < 1.29 is 4.79 Å². The molecule has 124 valence electrons. The molecule has 0 aliphatic heterocycles. The molecular formula is C18H17ClN2OS2. The predicted octanol–water partition coefficient (Wildman–Crippen LogP) is 4.39. The summed E-state index contributed by atoms with van der Waals surface area (Å²) < 4.78 is 3.16. The Labute approximate surface area is 154 Å². The normalized spacial score (nSPS) is 12.0. The van der Waals surface area contributed by atoms with Gasteiger partial charge in [-0.2, -0.15) is 16.8 Å². The van der Waals surface area contributed by atoms with E-state index in [9.17, 15) is 4.79 Å². The van der Waals surface area contributed by atoms with Crippen LogP contribution in [-0.2, 0) is 17.8 Å². The minimum Gasteiger partial charge on any atom is -0.316 e. The van der Waals surface area contributed by atoms with Gasteiger partial charge in [-0.05, 0) is 30.0 Å². The molecular weight excluding hydrogens is 360 g/mol. The molecule has 3 nitrogen and oxygen atoms in total. The van der Waals surface area contributed by atoms with E-state index in [0.717, 1.165) is 32.9 Å². The molecule has 6 heteroatoms. The standard InChI is InChI=1S/C18H17ClN2OS2/c1-23-10-9-21-15-8-7-14(19)12-16(15)24-18(21)20-17(22)11-13-5-3-2-4-6-13/h2-8,12H,9-11H2,1H3. The Kier molecular flexibility index (Phi) is 5.76. The first kappa shape index (κ1) is 17.3. The number of aromatic nitrogens is 1. The molecule has 3 rings (SSSR count). The maximum Gasteiger partial charge on any atom is 0.252 e. The molecule has 24 heavy (non-hydrogen) atoms. The van der Waals surface area contributed by atoms with Crippen LogP contribution >= 0.6 is 34.7 Å². The number of benzene rings is 2. The number of thiazole rings is 1. The number of halogens is 1. The number of carbonyl (C=O) groups excluding carboxylic acids is 1. The first-order chi connectivity index (χ1) is 11.7. The van der Waals surface area contributed by atoms with Gasteiger partial charge < -0.3 is 4.57 Å². The number of hydrogen-bond acceptors (Lipinski definition) is 3. The Morgan fingerprint density at radius 1 is 1.25 bits per heavy atom. The molecule has 1 aromatic heterocycles.